The second-order valence-corrected chi connectivity index (χ2v) is 7.28. The molecule has 3 atom stereocenters. The Morgan fingerprint density at radius 2 is 1.96 bits per heavy atom. The van der Waals surface area contributed by atoms with Crippen molar-refractivity contribution in [1.29, 1.82) is 0 Å². The van der Waals surface area contributed by atoms with Gasteiger partial charge in [0.2, 0.25) is 0 Å². The third kappa shape index (κ3) is 3.15. The lowest BCUT2D eigenvalue weighted by Crippen LogP contribution is -2.35. The molecule has 2 aliphatic rings. The van der Waals surface area contributed by atoms with E-state index in [4.69, 9.17) is 0 Å². The molecule has 2 fully saturated rings. The Morgan fingerprint density at radius 3 is 2.79 bits per heavy atom. The van der Waals surface area contributed by atoms with Crippen LogP contribution >= 0.6 is 24.8 Å². The molecular weight excluding hydrogens is 397 g/mol. The summed E-state index contributed by atoms with van der Waals surface area (Å²) in [5, 5.41) is 7.81. The molecule has 0 bridgehead atoms. The van der Waals surface area contributed by atoms with Crippen molar-refractivity contribution in [1.82, 2.24) is 24.8 Å². The van der Waals surface area contributed by atoms with Gasteiger partial charge in [0.15, 0.2) is 11.3 Å². The summed E-state index contributed by atoms with van der Waals surface area (Å²) in [5.74, 6) is 0.960. The number of amides is 1. The molecule has 1 amide bonds. The number of imidazole rings is 1. The smallest absolute Gasteiger partial charge is 0.274 e. The van der Waals surface area contributed by atoms with Gasteiger partial charge in [-0.15, -0.1) is 24.8 Å². The molecule has 2 aliphatic heterocycles. The van der Waals surface area contributed by atoms with Crippen LogP contribution < -0.4 is 5.32 Å². The Labute approximate surface area is 176 Å². The number of halogens is 2. The summed E-state index contributed by atoms with van der Waals surface area (Å²) in [5.41, 5.74) is 3.72. The number of likely N-dealkylation sites (tertiary alicyclic amines) is 1. The molecule has 0 spiro atoms. The average molecular weight is 420 g/mol. The normalized spacial score (nSPS) is 23.2. The van der Waals surface area contributed by atoms with Gasteiger partial charge in [-0.1, -0.05) is 24.3 Å². The predicted molar refractivity (Wildman–Crippen MR) is 112 cm³/mol. The summed E-state index contributed by atoms with van der Waals surface area (Å²) in [6.07, 6.45) is 3.33. The first-order chi connectivity index (χ1) is 12.7. The van der Waals surface area contributed by atoms with E-state index in [1.807, 2.05) is 17.0 Å². The van der Waals surface area contributed by atoms with Crippen molar-refractivity contribution in [3.05, 3.63) is 65.6 Å². The van der Waals surface area contributed by atoms with Crippen molar-refractivity contribution in [3.8, 4) is 0 Å². The first-order valence-corrected chi connectivity index (χ1v) is 9.10. The summed E-state index contributed by atoms with van der Waals surface area (Å²) < 4.78 is 1.64. The highest BCUT2D eigenvalue weighted by molar-refractivity contribution is 5.93. The zero-order valence-corrected chi connectivity index (χ0v) is 17.1. The van der Waals surface area contributed by atoms with Crippen molar-refractivity contribution in [3.63, 3.8) is 0 Å². The minimum atomic E-state index is 0. The summed E-state index contributed by atoms with van der Waals surface area (Å²) in [4.78, 5) is 19.8. The largest absolute Gasteiger partial charge is 0.330 e. The van der Waals surface area contributed by atoms with E-state index in [0.717, 1.165) is 19.6 Å². The van der Waals surface area contributed by atoms with Crippen LogP contribution in [0.25, 0.3) is 5.65 Å². The Morgan fingerprint density at radius 1 is 1.14 bits per heavy atom. The van der Waals surface area contributed by atoms with Gasteiger partial charge in [-0.2, -0.15) is 5.10 Å². The van der Waals surface area contributed by atoms with Crippen LogP contribution in [-0.4, -0.2) is 45.0 Å². The molecule has 3 aromatic rings. The first-order valence-electron chi connectivity index (χ1n) is 9.10. The fourth-order valence-electron chi connectivity index (χ4n) is 4.57. The molecule has 0 radical (unpaired) electrons. The Hall–Kier alpha value is -2.15. The molecule has 28 heavy (non-hydrogen) atoms. The predicted octanol–water partition coefficient (Wildman–Crippen LogP) is 2.91. The number of aryl methyl sites for hydroxylation is 1. The van der Waals surface area contributed by atoms with E-state index in [0.29, 0.717) is 23.2 Å². The van der Waals surface area contributed by atoms with Crippen molar-refractivity contribution in [2.24, 2.45) is 11.8 Å². The molecule has 5 rings (SSSR count). The van der Waals surface area contributed by atoms with Crippen molar-refractivity contribution < 1.29 is 4.79 Å². The summed E-state index contributed by atoms with van der Waals surface area (Å²) >= 11 is 0. The van der Waals surface area contributed by atoms with Gasteiger partial charge in [-0.05, 0) is 36.1 Å². The zero-order valence-electron chi connectivity index (χ0n) is 15.5. The molecule has 2 aromatic heterocycles. The molecule has 1 aromatic carbocycles. The molecule has 0 aliphatic carbocycles. The van der Waals surface area contributed by atoms with Gasteiger partial charge < -0.3 is 10.2 Å². The number of hydrogen-bond donors (Lipinski definition) is 1. The number of hydrogen-bond acceptors (Lipinski definition) is 4. The summed E-state index contributed by atoms with van der Waals surface area (Å²) in [7, 11) is 0. The standard InChI is InChI=1S/C20H21N5O.2ClH/c1-13-5-2-3-6-15(13)19-16-10-21-9-14(16)12-24(19)20(26)17-11-22-18-7-4-8-23-25(17)18;;/h2-8,11,14,16,19,21H,9-10,12H2,1H3;2*1H/t14-,16-,19+;;/m0../s1. The highest BCUT2D eigenvalue weighted by Crippen LogP contribution is 2.44. The molecule has 2 saturated heterocycles. The quantitative estimate of drug-likeness (QED) is 0.693. The molecule has 148 valence electrons. The number of carbonyl (C=O) groups excluding carboxylic acids is 1. The Kier molecular flexibility index (Phi) is 5.93. The lowest BCUT2D eigenvalue weighted by atomic mass is 9.87. The van der Waals surface area contributed by atoms with E-state index in [1.54, 1.807) is 16.9 Å². The van der Waals surface area contributed by atoms with Crippen LogP contribution in [0.3, 0.4) is 0 Å². The molecule has 4 heterocycles. The maximum Gasteiger partial charge on any atom is 0.274 e. The van der Waals surface area contributed by atoms with Crippen LogP contribution in [-0.2, 0) is 0 Å². The van der Waals surface area contributed by atoms with Crippen LogP contribution in [0.5, 0.6) is 0 Å². The van der Waals surface area contributed by atoms with Crippen LogP contribution in [0, 0.1) is 18.8 Å². The SMILES string of the molecule is Cc1ccccc1[C@@H]1[C@H]2CNC[C@H]2CN1C(=O)c1cnc2cccnn12.Cl.Cl. The van der Waals surface area contributed by atoms with Crippen molar-refractivity contribution in [2.75, 3.05) is 19.6 Å². The van der Waals surface area contributed by atoms with E-state index >= 15 is 0 Å². The van der Waals surface area contributed by atoms with E-state index in [-0.39, 0.29) is 36.8 Å². The lowest BCUT2D eigenvalue weighted by molar-refractivity contribution is 0.0705. The minimum Gasteiger partial charge on any atom is -0.330 e. The monoisotopic (exact) mass is 419 g/mol. The molecule has 0 saturated carbocycles. The molecule has 0 unspecified atom stereocenters. The van der Waals surface area contributed by atoms with Crippen molar-refractivity contribution >= 4 is 36.4 Å². The second-order valence-electron chi connectivity index (χ2n) is 7.28. The van der Waals surface area contributed by atoms with Gasteiger partial charge in [0.1, 0.15) is 0 Å². The van der Waals surface area contributed by atoms with Gasteiger partial charge in [-0.3, -0.25) is 4.79 Å². The van der Waals surface area contributed by atoms with Gasteiger partial charge >= 0.3 is 0 Å². The van der Waals surface area contributed by atoms with Crippen LogP contribution in [0.15, 0.2) is 48.8 Å². The number of fused-ring (bicyclic) bond motifs is 2. The fraction of sp³-hybridized carbons (Fsp3) is 0.350. The first kappa shape index (κ1) is 20.6. The van der Waals surface area contributed by atoms with E-state index in [9.17, 15) is 4.79 Å². The van der Waals surface area contributed by atoms with Crippen LogP contribution in [0.4, 0.5) is 0 Å². The van der Waals surface area contributed by atoms with Crippen molar-refractivity contribution in [2.45, 2.75) is 13.0 Å². The third-order valence-electron chi connectivity index (χ3n) is 5.83. The van der Waals surface area contributed by atoms with E-state index in [2.05, 4.69) is 46.6 Å². The van der Waals surface area contributed by atoms with E-state index in [1.165, 1.54) is 11.1 Å². The van der Waals surface area contributed by atoms with Crippen LogP contribution in [0.1, 0.15) is 27.7 Å². The number of nitrogens with one attached hydrogen (secondary N) is 1. The summed E-state index contributed by atoms with van der Waals surface area (Å²) in [6.45, 7) is 4.83. The third-order valence-corrected chi connectivity index (χ3v) is 5.83. The number of aromatic nitrogens is 3. The fourth-order valence-corrected chi connectivity index (χ4v) is 4.57. The molecule has 1 N–H and O–H groups in total. The molecule has 6 nitrogen and oxygen atoms in total. The minimum absolute atomic E-state index is 0. The van der Waals surface area contributed by atoms with Gasteiger partial charge in [0.25, 0.3) is 5.91 Å². The topological polar surface area (TPSA) is 62.5 Å². The number of nitrogens with zero attached hydrogens (tertiary/aromatic N) is 4. The van der Waals surface area contributed by atoms with Gasteiger partial charge in [0.05, 0.1) is 12.2 Å². The number of benzene rings is 1. The Bertz CT molecular complexity index is 991. The van der Waals surface area contributed by atoms with Crippen LogP contribution in [0.2, 0.25) is 0 Å². The van der Waals surface area contributed by atoms with E-state index < -0.39 is 0 Å². The average Bonchev–Trinajstić information content (AvgIpc) is 3.36. The highest BCUT2D eigenvalue weighted by atomic mass is 35.5. The summed E-state index contributed by atoms with van der Waals surface area (Å²) in [6, 6.07) is 12.2. The zero-order chi connectivity index (χ0) is 17.7. The maximum atomic E-state index is 13.5. The number of rotatable bonds is 2. The van der Waals surface area contributed by atoms with Gasteiger partial charge in [0, 0.05) is 31.7 Å². The highest BCUT2D eigenvalue weighted by Gasteiger charge is 2.47. The maximum absolute atomic E-state index is 13.5. The lowest BCUT2D eigenvalue weighted by Gasteiger charge is -2.29. The molecule has 8 heteroatoms. The van der Waals surface area contributed by atoms with Gasteiger partial charge in [-0.25, -0.2) is 9.50 Å². The second kappa shape index (κ2) is 8.07. The molecular formula is C20H23Cl2N5O. The number of carbonyl (C=O) groups is 1. The Balaban J connectivity index is 0.00000112.